The highest BCUT2D eigenvalue weighted by Gasteiger charge is 2.30. The van der Waals surface area contributed by atoms with Crippen LogP contribution in [0.15, 0.2) is 59.5 Å². The number of hydrogen-bond acceptors (Lipinski definition) is 5. The number of hydrogen-bond donors (Lipinski definition) is 2. The molecular formula is C20H20F3N3O3S. The number of pyridine rings is 1. The molecule has 0 aliphatic carbocycles. The Kier molecular flexibility index (Phi) is 6.59. The molecule has 0 bridgehead atoms. The molecule has 10 heteroatoms. The van der Waals surface area contributed by atoms with Crippen LogP contribution in [0.3, 0.4) is 0 Å². The molecule has 0 radical (unpaired) electrons. The van der Waals surface area contributed by atoms with Gasteiger partial charge in [0.25, 0.3) is 10.0 Å². The summed E-state index contributed by atoms with van der Waals surface area (Å²) in [7, 11) is -2.49. The van der Waals surface area contributed by atoms with Crippen molar-refractivity contribution in [2.24, 2.45) is 0 Å². The van der Waals surface area contributed by atoms with Crippen LogP contribution >= 0.6 is 0 Å². The third-order valence-corrected chi connectivity index (χ3v) is 5.68. The summed E-state index contributed by atoms with van der Waals surface area (Å²) in [6.45, 7) is 1.66. The topological polar surface area (TPSA) is 80.3 Å². The van der Waals surface area contributed by atoms with E-state index in [4.69, 9.17) is 4.74 Å². The molecule has 0 aliphatic rings. The number of methoxy groups -OCH3 is 1. The molecule has 30 heavy (non-hydrogen) atoms. The second-order valence-corrected chi connectivity index (χ2v) is 8.16. The van der Waals surface area contributed by atoms with Gasteiger partial charge in [0.1, 0.15) is 0 Å². The van der Waals surface area contributed by atoms with E-state index in [-0.39, 0.29) is 10.6 Å². The van der Waals surface area contributed by atoms with Crippen LogP contribution in [0.4, 0.5) is 18.9 Å². The summed E-state index contributed by atoms with van der Waals surface area (Å²) < 4.78 is 70.9. The molecule has 3 aromatic rings. The van der Waals surface area contributed by atoms with E-state index in [1.165, 1.54) is 0 Å². The first-order valence-electron chi connectivity index (χ1n) is 8.99. The number of fused-ring (bicyclic) bond motifs is 1. The fourth-order valence-electron chi connectivity index (χ4n) is 2.79. The van der Waals surface area contributed by atoms with Gasteiger partial charge in [0, 0.05) is 25.6 Å². The van der Waals surface area contributed by atoms with Crippen molar-refractivity contribution in [3.05, 3.63) is 65.9 Å². The van der Waals surface area contributed by atoms with E-state index in [0.29, 0.717) is 30.9 Å². The summed E-state index contributed by atoms with van der Waals surface area (Å²) in [5.41, 5.74) is 0.476. The quantitative estimate of drug-likeness (QED) is 0.522. The Bertz CT molecular complexity index is 1120. The SMILES string of the molecule is COCCNCc1ccc2cccc(NS(=O)(=O)c3ccc(C(F)(F)F)cc3)c2n1. The summed E-state index contributed by atoms with van der Waals surface area (Å²) in [4.78, 5) is 4.24. The second kappa shape index (κ2) is 8.99. The van der Waals surface area contributed by atoms with Crippen LogP contribution in [-0.4, -0.2) is 33.7 Å². The molecule has 0 amide bonds. The lowest BCUT2D eigenvalue weighted by Crippen LogP contribution is -2.19. The zero-order valence-electron chi connectivity index (χ0n) is 16.0. The van der Waals surface area contributed by atoms with Gasteiger partial charge in [-0.05, 0) is 36.4 Å². The minimum atomic E-state index is -4.54. The number of anilines is 1. The zero-order valence-corrected chi connectivity index (χ0v) is 16.8. The number of benzene rings is 2. The number of para-hydroxylation sites is 1. The molecule has 0 aliphatic heterocycles. The van der Waals surface area contributed by atoms with Crippen molar-refractivity contribution < 1.29 is 26.3 Å². The predicted molar refractivity (Wildman–Crippen MR) is 108 cm³/mol. The maximum absolute atomic E-state index is 12.7. The molecular weight excluding hydrogens is 419 g/mol. The highest BCUT2D eigenvalue weighted by molar-refractivity contribution is 7.92. The smallest absolute Gasteiger partial charge is 0.383 e. The Balaban J connectivity index is 1.86. The summed E-state index contributed by atoms with van der Waals surface area (Å²) >= 11 is 0. The Morgan fingerprint density at radius 2 is 1.77 bits per heavy atom. The second-order valence-electron chi connectivity index (χ2n) is 6.48. The molecule has 0 saturated heterocycles. The average molecular weight is 439 g/mol. The van der Waals surface area contributed by atoms with Crippen molar-refractivity contribution in [1.82, 2.24) is 10.3 Å². The highest BCUT2D eigenvalue weighted by Crippen LogP contribution is 2.30. The molecule has 0 fully saturated rings. The summed E-state index contributed by atoms with van der Waals surface area (Å²) in [5, 5.41) is 3.89. The van der Waals surface area contributed by atoms with E-state index in [9.17, 15) is 21.6 Å². The lowest BCUT2D eigenvalue weighted by atomic mass is 10.2. The minimum Gasteiger partial charge on any atom is -0.383 e. The van der Waals surface area contributed by atoms with Crippen LogP contribution in [-0.2, 0) is 27.5 Å². The van der Waals surface area contributed by atoms with Crippen LogP contribution < -0.4 is 10.0 Å². The maximum Gasteiger partial charge on any atom is 0.416 e. The third-order valence-electron chi connectivity index (χ3n) is 4.30. The van der Waals surface area contributed by atoms with Gasteiger partial charge >= 0.3 is 6.18 Å². The van der Waals surface area contributed by atoms with Crippen molar-refractivity contribution in [2.45, 2.75) is 17.6 Å². The van der Waals surface area contributed by atoms with E-state index in [1.807, 2.05) is 12.1 Å². The van der Waals surface area contributed by atoms with E-state index in [1.54, 1.807) is 25.3 Å². The Labute approximate surface area is 172 Å². The molecule has 3 rings (SSSR count). The van der Waals surface area contributed by atoms with Gasteiger partial charge in [-0.2, -0.15) is 13.2 Å². The third kappa shape index (κ3) is 5.26. The normalized spacial score (nSPS) is 12.3. The fourth-order valence-corrected chi connectivity index (χ4v) is 3.85. The standard InChI is InChI=1S/C20H20F3N3O3S/c1-29-12-11-24-13-16-8-5-14-3-2-4-18(19(14)25-16)26-30(27,28)17-9-6-15(7-10-17)20(21,22)23/h2-10,24,26H,11-13H2,1H3. The van der Waals surface area contributed by atoms with Gasteiger partial charge in [0.05, 0.1) is 34.0 Å². The molecule has 0 saturated carbocycles. The summed E-state index contributed by atoms with van der Waals surface area (Å²) in [5.74, 6) is 0. The van der Waals surface area contributed by atoms with Crippen LogP contribution in [0, 0.1) is 0 Å². The average Bonchev–Trinajstić information content (AvgIpc) is 2.71. The molecule has 0 unspecified atom stereocenters. The number of halogens is 3. The summed E-state index contributed by atoms with van der Waals surface area (Å²) in [6, 6.07) is 12.0. The number of aromatic nitrogens is 1. The van der Waals surface area contributed by atoms with E-state index >= 15 is 0 Å². The fraction of sp³-hybridized carbons (Fsp3) is 0.250. The highest BCUT2D eigenvalue weighted by atomic mass is 32.2. The van der Waals surface area contributed by atoms with E-state index in [0.717, 1.165) is 29.7 Å². The minimum absolute atomic E-state index is 0.242. The monoisotopic (exact) mass is 439 g/mol. The largest absolute Gasteiger partial charge is 0.416 e. The molecule has 0 spiro atoms. The number of nitrogens with one attached hydrogen (secondary N) is 2. The van der Waals surface area contributed by atoms with Gasteiger partial charge in [-0.25, -0.2) is 13.4 Å². The molecule has 1 aromatic heterocycles. The van der Waals surface area contributed by atoms with Crippen LogP contribution in [0.5, 0.6) is 0 Å². The van der Waals surface area contributed by atoms with Gasteiger partial charge in [-0.1, -0.05) is 18.2 Å². The Morgan fingerprint density at radius 3 is 2.43 bits per heavy atom. The van der Waals surface area contributed by atoms with Crippen molar-refractivity contribution >= 4 is 26.6 Å². The van der Waals surface area contributed by atoms with Crippen molar-refractivity contribution in [3.63, 3.8) is 0 Å². The van der Waals surface area contributed by atoms with Crippen LogP contribution in [0.25, 0.3) is 10.9 Å². The van der Waals surface area contributed by atoms with Gasteiger partial charge in [0.2, 0.25) is 0 Å². The molecule has 2 N–H and O–H groups in total. The first-order valence-corrected chi connectivity index (χ1v) is 10.5. The van der Waals surface area contributed by atoms with Gasteiger partial charge in [0.15, 0.2) is 0 Å². The van der Waals surface area contributed by atoms with Crippen molar-refractivity contribution in [3.8, 4) is 0 Å². The first kappa shape index (κ1) is 22.0. The first-order chi connectivity index (χ1) is 14.2. The molecule has 1 heterocycles. The molecule has 2 aromatic carbocycles. The van der Waals surface area contributed by atoms with Crippen molar-refractivity contribution in [1.29, 1.82) is 0 Å². The number of nitrogens with zero attached hydrogens (tertiary/aromatic N) is 1. The number of ether oxygens (including phenoxy) is 1. The van der Waals surface area contributed by atoms with Gasteiger partial charge in [-0.15, -0.1) is 0 Å². The predicted octanol–water partition coefficient (Wildman–Crippen LogP) is 3.79. The van der Waals surface area contributed by atoms with Crippen molar-refractivity contribution in [2.75, 3.05) is 25.0 Å². The van der Waals surface area contributed by atoms with Gasteiger partial charge < -0.3 is 10.1 Å². The number of rotatable bonds is 8. The maximum atomic E-state index is 12.7. The van der Waals surface area contributed by atoms with Crippen LogP contribution in [0.1, 0.15) is 11.3 Å². The van der Waals surface area contributed by atoms with Gasteiger partial charge in [-0.3, -0.25) is 4.72 Å². The number of sulfonamides is 1. The molecule has 6 nitrogen and oxygen atoms in total. The number of alkyl halides is 3. The lowest BCUT2D eigenvalue weighted by molar-refractivity contribution is -0.137. The van der Waals surface area contributed by atoms with E-state index in [2.05, 4.69) is 15.0 Å². The van der Waals surface area contributed by atoms with Crippen LogP contribution in [0.2, 0.25) is 0 Å². The molecule has 0 atom stereocenters. The lowest BCUT2D eigenvalue weighted by Gasteiger charge is -2.12. The Morgan fingerprint density at radius 1 is 1.03 bits per heavy atom. The van der Waals surface area contributed by atoms with E-state index < -0.39 is 21.8 Å². The summed E-state index contributed by atoms with van der Waals surface area (Å²) in [6.07, 6.45) is -4.54. The zero-order chi connectivity index (χ0) is 21.8. The Hall–Kier alpha value is -2.69. The molecule has 160 valence electrons.